The van der Waals surface area contributed by atoms with Crippen LogP contribution in [0.25, 0.3) is 11.2 Å². The van der Waals surface area contributed by atoms with Gasteiger partial charge in [-0.1, -0.05) is 34.8 Å². The van der Waals surface area contributed by atoms with E-state index in [1.807, 2.05) is 11.5 Å². The SMILES string of the molecule is COCC(C)Nc1ncc2nc(Nc3c(Cl)cc(Cl)cc3Cl)n(C3CCC(C(N)=O)CC3)c2n1. The number of nitrogens with two attached hydrogens (primary N) is 1. The summed E-state index contributed by atoms with van der Waals surface area (Å²) in [4.78, 5) is 25.6. The number of carbonyl (C=O) groups is 1. The Morgan fingerprint density at radius 3 is 2.50 bits per heavy atom. The maximum atomic E-state index is 11.7. The molecule has 34 heavy (non-hydrogen) atoms. The monoisotopic (exact) mass is 525 g/mol. The maximum Gasteiger partial charge on any atom is 0.225 e. The molecular weight excluding hydrogens is 501 g/mol. The largest absolute Gasteiger partial charge is 0.383 e. The Kier molecular flexibility index (Phi) is 7.67. The second-order valence-corrected chi connectivity index (χ2v) is 9.74. The topological polar surface area (TPSA) is 120 Å². The fraction of sp³-hybridized carbons (Fsp3) is 0.455. The molecule has 1 unspecified atom stereocenters. The van der Waals surface area contributed by atoms with Crippen LogP contribution in [0.15, 0.2) is 18.3 Å². The fourth-order valence-electron chi connectivity index (χ4n) is 4.30. The van der Waals surface area contributed by atoms with Crippen molar-refractivity contribution in [2.24, 2.45) is 11.7 Å². The van der Waals surface area contributed by atoms with E-state index in [1.54, 1.807) is 25.4 Å². The number of hydrogen-bond acceptors (Lipinski definition) is 7. The van der Waals surface area contributed by atoms with E-state index in [-0.39, 0.29) is 23.9 Å². The van der Waals surface area contributed by atoms with Gasteiger partial charge in [0, 0.05) is 30.1 Å². The number of imidazole rings is 1. The predicted molar refractivity (Wildman–Crippen MR) is 135 cm³/mol. The molecule has 182 valence electrons. The third kappa shape index (κ3) is 5.33. The van der Waals surface area contributed by atoms with Crippen LogP contribution >= 0.6 is 34.8 Å². The minimum absolute atomic E-state index is 0.0223. The smallest absolute Gasteiger partial charge is 0.225 e. The molecule has 4 rings (SSSR count). The van der Waals surface area contributed by atoms with Crippen LogP contribution in [0.4, 0.5) is 17.6 Å². The van der Waals surface area contributed by atoms with E-state index in [9.17, 15) is 4.79 Å². The molecule has 0 aliphatic heterocycles. The number of methoxy groups -OCH3 is 1. The van der Waals surface area contributed by atoms with Crippen molar-refractivity contribution < 1.29 is 9.53 Å². The summed E-state index contributed by atoms with van der Waals surface area (Å²) in [5.74, 6) is 0.621. The van der Waals surface area contributed by atoms with Crippen molar-refractivity contribution >= 4 is 69.5 Å². The summed E-state index contributed by atoms with van der Waals surface area (Å²) >= 11 is 18.9. The molecule has 0 bridgehead atoms. The molecule has 1 aromatic carbocycles. The highest BCUT2D eigenvalue weighted by Gasteiger charge is 2.29. The number of halogens is 3. The highest BCUT2D eigenvalue weighted by atomic mass is 35.5. The van der Waals surface area contributed by atoms with Gasteiger partial charge in [-0.25, -0.2) is 9.97 Å². The normalized spacial score (nSPS) is 19.2. The Morgan fingerprint density at radius 2 is 1.88 bits per heavy atom. The number of ether oxygens (including phenoxy) is 1. The first-order valence-electron chi connectivity index (χ1n) is 11.0. The van der Waals surface area contributed by atoms with Gasteiger partial charge in [0.2, 0.25) is 17.8 Å². The minimum Gasteiger partial charge on any atom is -0.383 e. The molecule has 3 aromatic rings. The van der Waals surface area contributed by atoms with E-state index in [4.69, 9.17) is 55.2 Å². The molecule has 0 saturated heterocycles. The number of rotatable bonds is 8. The average Bonchev–Trinajstić information content (AvgIpc) is 3.13. The molecule has 9 nitrogen and oxygen atoms in total. The Hall–Kier alpha value is -2.33. The van der Waals surface area contributed by atoms with Crippen LogP contribution in [-0.4, -0.2) is 45.2 Å². The van der Waals surface area contributed by atoms with Gasteiger partial charge in [-0.05, 0) is 44.7 Å². The Morgan fingerprint density at radius 1 is 1.21 bits per heavy atom. The van der Waals surface area contributed by atoms with Crippen LogP contribution in [0.1, 0.15) is 38.6 Å². The molecule has 1 aliphatic rings. The number of fused-ring (bicyclic) bond motifs is 1. The van der Waals surface area contributed by atoms with Crippen LogP contribution in [0.3, 0.4) is 0 Å². The first-order valence-corrected chi connectivity index (χ1v) is 12.1. The van der Waals surface area contributed by atoms with Gasteiger partial charge in [0.05, 0.1) is 28.5 Å². The zero-order chi connectivity index (χ0) is 24.4. The lowest BCUT2D eigenvalue weighted by molar-refractivity contribution is -0.122. The summed E-state index contributed by atoms with van der Waals surface area (Å²) in [6.07, 6.45) is 4.57. The highest BCUT2D eigenvalue weighted by molar-refractivity contribution is 6.41. The van der Waals surface area contributed by atoms with E-state index in [0.717, 1.165) is 12.8 Å². The number of amides is 1. The Bertz CT molecular complexity index is 1170. The lowest BCUT2D eigenvalue weighted by Crippen LogP contribution is -2.29. The predicted octanol–water partition coefficient (Wildman–Crippen LogP) is 5.19. The zero-order valence-electron chi connectivity index (χ0n) is 18.8. The molecule has 1 fully saturated rings. The average molecular weight is 527 g/mol. The third-order valence-corrected chi connectivity index (χ3v) is 6.75. The van der Waals surface area contributed by atoms with Crippen molar-refractivity contribution in [3.63, 3.8) is 0 Å². The third-order valence-electron chi connectivity index (χ3n) is 5.93. The molecule has 2 heterocycles. The highest BCUT2D eigenvalue weighted by Crippen LogP contribution is 2.40. The van der Waals surface area contributed by atoms with Crippen LogP contribution < -0.4 is 16.4 Å². The standard InChI is InChI=1S/C22H26Cl3N7O2/c1-11(10-34-2)28-21-27-9-17-20(31-21)32(14-5-3-12(4-6-14)19(26)33)22(29-17)30-18-15(24)7-13(23)8-16(18)25/h7-9,11-12,14H,3-6,10H2,1-2H3,(H2,26,33)(H,29,30)(H,27,28,31). The van der Waals surface area contributed by atoms with Crippen molar-refractivity contribution in [2.45, 2.75) is 44.7 Å². The molecule has 0 radical (unpaired) electrons. The summed E-state index contributed by atoms with van der Waals surface area (Å²) < 4.78 is 7.22. The molecule has 2 aromatic heterocycles. The molecule has 4 N–H and O–H groups in total. The summed E-state index contributed by atoms with van der Waals surface area (Å²) in [5, 5.41) is 7.69. The number of primary amides is 1. The van der Waals surface area contributed by atoms with E-state index >= 15 is 0 Å². The summed E-state index contributed by atoms with van der Waals surface area (Å²) in [6.45, 7) is 2.50. The zero-order valence-corrected chi connectivity index (χ0v) is 21.1. The van der Waals surface area contributed by atoms with Crippen LogP contribution in [0.2, 0.25) is 15.1 Å². The van der Waals surface area contributed by atoms with E-state index in [1.165, 1.54) is 0 Å². The van der Waals surface area contributed by atoms with Gasteiger partial charge in [0.15, 0.2) is 5.65 Å². The Labute approximate surface area is 212 Å². The van der Waals surface area contributed by atoms with Crippen LogP contribution in [-0.2, 0) is 9.53 Å². The number of anilines is 3. The maximum absolute atomic E-state index is 11.7. The van der Waals surface area contributed by atoms with Gasteiger partial charge in [0.1, 0.15) is 5.52 Å². The number of hydrogen-bond donors (Lipinski definition) is 3. The van der Waals surface area contributed by atoms with Gasteiger partial charge < -0.3 is 21.1 Å². The molecule has 1 amide bonds. The molecule has 1 saturated carbocycles. The number of nitrogens with zero attached hydrogens (tertiary/aromatic N) is 4. The lowest BCUT2D eigenvalue weighted by Gasteiger charge is -2.29. The van der Waals surface area contributed by atoms with Crippen molar-refractivity contribution in [1.29, 1.82) is 0 Å². The molecule has 0 spiro atoms. The number of carbonyl (C=O) groups excluding carboxylic acids is 1. The van der Waals surface area contributed by atoms with Gasteiger partial charge in [0.25, 0.3) is 0 Å². The van der Waals surface area contributed by atoms with Gasteiger partial charge in [-0.3, -0.25) is 9.36 Å². The number of aromatic nitrogens is 4. The summed E-state index contributed by atoms with van der Waals surface area (Å²) in [6, 6.07) is 3.30. The first-order chi connectivity index (χ1) is 16.3. The van der Waals surface area contributed by atoms with Crippen molar-refractivity contribution in [1.82, 2.24) is 19.5 Å². The fourth-order valence-corrected chi connectivity index (χ4v) is 5.21. The number of benzene rings is 1. The minimum atomic E-state index is -0.257. The molecule has 12 heteroatoms. The first kappa shape index (κ1) is 24.8. The Balaban J connectivity index is 1.75. The van der Waals surface area contributed by atoms with Crippen molar-refractivity contribution in [3.05, 3.63) is 33.4 Å². The molecular formula is C22H26Cl3N7O2. The van der Waals surface area contributed by atoms with Crippen LogP contribution in [0, 0.1) is 5.92 Å². The van der Waals surface area contributed by atoms with E-state index in [0.29, 0.717) is 63.3 Å². The second-order valence-electron chi connectivity index (χ2n) is 8.49. The second kappa shape index (κ2) is 10.5. The van der Waals surface area contributed by atoms with E-state index in [2.05, 4.69) is 15.6 Å². The molecule has 1 aliphatic carbocycles. The van der Waals surface area contributed by atoms with Gasteiger partial charge in [-0.15, -0.1) is 0 Å². The van der Waals surface area contributed by atoms with Crippen molar-refractivity contribution in [2.75, 3.05) is 24.4 Å². The van der Waals surface area contributed by atoms with Crippen molar-refractivity contribution in [3.8, 4) is 0 Å². The van der Waals surface area contributed by atoms with Gasteiger partial charge in [-0.2, -0.15) is 4.98 Å². The number of nitrogens with one attached hydrogen (secondary N) is 2. The summed E-state index contributed by atoms with van der Waals surface area (Å²) in [7, 11) is 1.64. The van der Waals surface area contributed by atoms with E-state index < -0.39 is 0 Å². The lowest BCUT2D eigenvalue weighted by atomic mass is 9.85. The van der Waals surface area contributed by atoms with Gasteiger partial charge >= 0.3 is 0 Å². The van der Waals surface area contributed by atoms with Crippen LogP contribution in [0.5, 0.6) is 0 Å². The quantitative estimate of drug-likeness (QED) is 0.369. The molecule has 1 atom stereocenters. The summed E-state index contributed by atoms with van der Waals surface area (Å²) in [5.41, 5.74) is 7.31.